The van der Waals surface area contributed by atoms with E-state index < -0.39 is 21.9 Å². The number of ether oxygens (including phenoxy) is 1. The fourth-order valence-electron chi connectivity index (χ4n) is 3.42. The number of nitrogens with zero attached hydrogens (tertiary/aromatic N) is 2. The van der Waals surface area contributed by atoms with E-state index in [-0.39, 0.29) is 4.90 Å². The lowest BCUT2D eigenvalue weighted by Gasteiger charge is -2.19. The third kappa shape index (κ3) is 6.32. The molecule has 8 nitrogen and oxygen atoms in total. The van der Waals surface area contributed by atoms with E-state index in [9.17, 15) is 18.0 Å². The Kier molecular flexibility index (Phi) is 7.98. The highest BCUT2D eigenvalue weighted by Gasteiger charge is 2.21. The van der Waals surface area contributed by atoms with Gasteiger partial charge >= 0.3 is 5.97 Å². The van der Waals surface area contributed by atoms with Crippen LogP contribution >= 0.6 is 0 Å². The maximum Gasteiger partial charge on any atom is 0.343 e. The van der Waals surface area contributed by atoms with Crippen LogP contribution in [0.25, 0.3) is 0 Å². The normalized spacial score (nSPS) is 11.2. The lowest BCUT2D eigenvalue weighted by Crippen LogP contribution is -2.26. The molecule has 0 saturated heterocycles. The predicted octanol–water partition coefficient (Wildman–Crippen LogP) is 4.80. The van der Waals surface area contributed by atoms with Crippen LogP contribution in [0.5, 0.6) is 5.75 Å². The molecular formula is C29H25N3O5S. The summed E-state index contributed by atoms with van der Waals surface area (Å²) in [6, 6.07) is 28.1. The van der Waals surface area contributed by atoms with Gasteiger partial charge in [-0.05, 0) is 85.3 Å². The number of hydrogen-bond acceptors (Lipinski definition) is 6. The second-order valence-corrected chi connectivity index (χ2v) is 10.3. The summed E-state index contributed by atoms with van der Waals surface area (Å²) < 4.78 is 32.3. The molecule has 4 rings (SSSR count). The van der Waals surface area contributed by atoms with E-state index in [2.05, 4.69) is 10.5 Å². The van der Waals surface area contributed by atoms with Gasteiger partial charge in [0.1, 0.15) is 5.75 Å². The molecule has 9 heteroatoms. The van der Waals surface area contributed by atoms with Crippen LogP contribution in [0.4, 0.5) is 5.69 Å². The first-order valence-corrected chi connectivity index (χ1v) is 13.0. The smallest absolute Gasteiger partial charge is 0.343 e. The van der Waals surface area contributed by atoms with Crippen LogP contribution in [-0.4, -0.2) is 33.6 Å². The fraction of sp³-hybridized carbons (Fsp3) is 0.0690. The molecule has 38 heavy (non-hydrogen) atoms. The molecule has 0 fully saturated rings. The minimum absolute atomic E-state index is 0.184. The number of esters is 1. The first-order valence-electron chi connectivity index (χ1n) is 11.6. The van der Waals surface area contributed by atoms with Crippen LogP contribution in [0.3, 0.4) is 0 Å². The van der Waals surface area contributed by atoms with Crippen molar-refractivity contribution in [1.29, 1.82) is 0 Å². The third-order valence-electron chi connectivity index (χ3n) is 5.65. The highest BCUT2D eigenvalue weighted by Crippen LogP contribution is 2.23. The van der Waals surface area contributed by atoms with E-state index >= 15 is 0 Å². The van der Waals surface area contributed by atoms with Crippen molar-refractivity contribution in [3.63, 3.8) is 0 Å². The van der Waals surface area contributed by atoms with Gasteiger partial charge in [0.15, 0.2) is 0 Å². The number of nitrogens with one attached hydrogen (secondary N) is 1. The Morgan fingerprint density at radius 1 is 0.816 bits per heavy atom. The van der Waals surface area contributed by atoms with Gasteiger partial charge in [0.2, 0.25) is 0 Å². The van der Waals surface area contributed by atoms with Crippen LogP contribution < -0.4 is 14.5 Å². The van der Waals surface area contributed by atoms with Gasteiger partial charge in [0.25, 0.3) is 15.9 Å². The van der Waals surface area contributed by atoms with E-state index in [0.29, 0.717) is 28.1 Å². The van der Waals surface area contributed by atoms with Crippen molar-refractivity contribution in [3.8, 4) is 5.75 Å². The predicted molar refractivity (Wildman–Crippen MR) is 146 cm³/mol. The Labute approximate surface area is 221 Å². The van der Waals surface area contributed by atoms with E-state index in [1.807, 2.05) is 13.0 Å². The Bertz CT molecular complexity index is 1550. The van der Waals surface area contributed by atoms with Gasteiger partial charge in [0, 0.05) is 12.6 Å². The summed E-state index contributed by atoms with van der Waals surface area (Å²) >= 11 is 0. The lowest BCUT2D eigenvalue weighted by molar-refractivity contribution is 0.0734. The van der Waals surface area contributed by atoms with E-state index in [4.69, 9.17) is 4.74 Å². The first kappa shape index (κ1) is 26.3. The first-order chi connectivity index (χ1) is 18.2. The average molecular weight is 528 g/mol. The SMILES string of the molecule is Cc1ccc(S(=O)(=O)N(C)c2ccc(C(=O)N/N=C\c3ccc(OC(=O)c4ccccc4)cc3)cc2)cc1. The Hall–Kier alpha value is -4.76. The summed E-state index contributed by atoms with van der Waals surface area (Å²) in [5, 5.41) is 3.96. The number of carbonyl (C=O) groups excluding carboxylic acids is 2. The Morgan fingerprint density at radius 2 is 1.45 bits per heavy atom. The van der Waals surface area contributed by atoms with Gasteiger partial charge in [-0.1, -0.05) is 35.9 Å². The van der Waals surface area contributed by atoms with Crippen LogP contribution in [0.15, 0.2) is 113 Å². The van der Waals surface area contributed by atoms with Crippen molar-refractivity contribution in [1.82, 2.24) is 5.43 Å². The van der Waals surface area contributed by atoms with Gasteiger partial charge in [-0.15, -0.1) is 0 Å². The molecule has 192 valence electrons. The standard InChI is InChI=1S/C29H25N3O5S/c1-21-8-18-27(19-9-21)38(35,36)32(2)25-14-12-23(13-15-25)28(33)31-30-20-22-10-16-26(17-11-22)37-29(34)24-6-4-3-5-7-24/h3-20H,1-2H3,(H,31,33)/b30-20-. The van der Waals surface area contributed by atoms with E-state index in [1.54, 1.807) is 84.9 Å². The molecule has 0 bridgehead atoms. The molecule has 4 aromatic carbocycles. The number of carbonyl (C=O) groups is 2. The number of rotatable bonds is 8. The highest BCUT2D eigenvalue weighted by molar-refractivity contribution is 7.92. The molecule has 0 radical (unpaired) electrons. The van der Waals surface area contributed by atoms with Crippen molar-refractivity contribution in [2.24, 2.45) is 5.10 Å². The van der Waals surface area contributed by atoms with Crippen molar-refractivity contribution >= 4 is 33.8 Å². The minimum Gasteiger partial charge on any atom is -0.423 e. The Balaban J connectivity index is 1.33. The average Bonchev–Trinajstić information content (AvgIpc) is 2.94. The van der Waals surface area contributed by atoms with Gasteiger partial charge in [-0.25, -0.2) is 18.6 Å². The third-order valence-corrected chi connectivity index (χ3v) is 7.45. The second kappa shape index (κ2) is 11.5. The molecule has 0 aromatic heterocycles. The van der Waals surface area contributed by atoms with Crippen LogP contribution in [-0.2, 0) is 10.0 Å². The monoisotopic (exact) mass is 527 g/mol. The van der Waals surface area contributed by atoms with Crippen molar-refractivity contribution < 1.29 is 22.7 Å². The maximum absolute atomic E-state index is 12.9. The zero-order valence-corrected chi connectivity index (χ0v) is 21.6. The summed E-state index contributed by atoms with van der Waals surface area (Å²) in [7, 11) is -2.27. The zero-order valence-electron chi connectivity index (χ0n) is 20.7. The molecule has 1 N–H and O–H groups in total. The molecule has 4 aromatic rings. The number of amides is 1. The number of aryl methyl sites for hydroxylation is 1. The van der Waals surface area contributed by atoms with Gasteiger partial charge in [-0.3, -0.25) is 9.10 Å². The minimum atomic E-state index is -3.73. The van der Waals surface area contributed by atoms with E-state index in [0.717, 1.165) is 9.87 Å². The van der Waals surface area contributed by atoms with Crippen LogP contribution in [0, 0.1) is 6.92 Å². The summed E-state index contributed by atoms with van der Waals surface area (Å²) in [6.07, 6.45) is 1.46. The highest BCUT2D eigenvalue weighted by atomic mass is 32.2. The lowest BCUT2D eigenvalue weighted by atomic mass is 10.2. The molecule has 0 heterocycles. The Morgan fingerprint density at radius 3 is 2.08 bits per heavy atom. The molecule has 0 atom stereocenters. The number of anilines is 1. The number of hydrogen-bond donors (Lipinski definition) is 1. The zero-order chi connectivity index (χ0) is 27.1. The maximum atomic E-state index is 12.9. The molecule has 0 aliphatic carbocycles. The molecule has 1 amide bonds. The second-order valence-electron chi connectivity index (χ2n) is 8.36. The summed E-state index contributed by atoms with van der Waals surface area (Å²) in [4.78, 5) is 24.8. The van der Waals surface area contributed by atoms with Crippen molar-refractivity contribution in [3.05, 3.63) is 125 Å². The van der Waals surface area contributed by atoms with Crippen LogP contribution in [0.2, 0.25) is 0 Å². The van der Waals surface area contributed by atoms with E-state index in [1.165, 1.54) is 25.4 Å². The van der Waals surface area contributed by atoms with Crippen molar-refractivity contribution in [2.45, 2.75) is 11.8 Å². The number of benzene rings is 4. The van der Waals surface area contributed by atoms with Crippen molar-refractivity contribution in [2.75, 3.05) is 11.4 Å². The van der Waals surface area contributed by atoms with Crippen LogP contribution in [0.1, 0.15) is 31.8 Å². The fourth-order valence-corrected chi connectivity index (χ4v) is 4.62. The molecule has 0 unspecified atom stereocenters. The number of sulfonamides is 1. The molecule has 0 aliphatic rings. The molecule has 0 aliphatic heterocycles. The largest absolute Gasteiger partial charge is 0.423 e. The topological polar surface area (TPSA) is 105 Å². The molecular weight excluding hydrogens is 502 g/mol. The number of hydrazone groups is 1. The quantitative estimate of drug-likeness (QED) is 0.153. The van der Waals surface area contributed by atoms with Gasteiger partial charge in [-0.2, -0.15) is 5.10 Å². The molecule has 0 spiro atoms. The summed E-state index contributed by atoms with van der Waals surface area (Å²) in [5.74, 6) is -0.524. The van der Waals surface area contributed by atoms with Gasteiger partial charge in [0.05, 0.1) is 22.4 Å². The molecule has 0 saturated carbocycles. The summed E-state index contributed by atoms with van der Waals surface area (Å²) in [6.45, 7) is 1.88. The van der Waals surface area contributed by atoms with Gasteiger partial charge < -0.3 is 4.74 Å². The summed E-state index contributed by atoms with van der Waals surface area (Å²) in [5.41, 5.74) is 5.27.